The van der Waals surface area contributed by atoms with Crippen LogP contribution in [-0.4, -0.2) is 61.2 Å². The summed E-state index contributed by atoms with van der Waals surface area (Å²) in [4.78, 5) is 10.1. The lowest BCUT2D eigenvalue weighted by Crippen LogP contribution is -2.46. The summed E-state index contributed by atoms with van der Waals surface area (Å²) in [6.07, 6.45) is 3.20. The molecule has 2 heterocycles. The number of piperazine rings is 1. The maximum atomic E-state index is 5.86. The van der Waals surface area contributed by atoms with Crippen LogP contribution in [0.1, 0.15) is 13.3 Å². The number of aromatic nitrogens is 1. The number of nitrogens with zero attached hydrogens (tertiary/aromatic N) is 3. The van der Waals surface area contributed by atoms with Gasteiger partial charge in [0.2, 0.25) is 0 Å². The fraction of sp³-hybridized carbons (Fsp3) is 0.400. The predicted molar refractivity (Wildman–Crippen MR) is 137 cm³/mol. The Morgan fingerprint density at radius 3 is 2.45 bits per heavy atom. The minimum atomic E-state index is 0. The predicted octanol–water partition coefficient (Wildman–Crippen LogP) is 5.60. The number of rotatable bonds is 8. The van der Waals surface area contributed by atoms with E-state index in [0.29, 0.717) is 0 Å². The van der Waals surface area contributed by atoms with Crippen molar-refractivity contribution in [1.29, 1.82) is 0 Å². The summed E-state index contributed by atoms with van der Waals surface area (Å²) >= 11 is 1.86. The second kappa shape index (κ2) is 11.6. The summed E-state index contributed by atoms with van der Waals surface area (Å²) in [5.74, 6) is 3.17. The number of hydrogen-bond donors (Lipinski definition) is 0. The van der Waals surface area contributed by atoms with Crippen LogP contribution < -0.4 is 9.64 Å². The summed E-state index contributed by atoms with van der Waals surface area (Å²) in [6, 6.07) is 19.2. The van der Waals surface area contributed by atoms with Crippen molar-refractivity contribution in [2.24, 2.45) is 0 Å². The van der Waals surface area contributed by atoms with Crippen molar-refractivity contribution >= 4 is 40.8 Å². The van der Waals surface area contributed by atoms with Crippen LogP contribution in [0, 0.1) is 0 Å². The van der Waals surface area contributed by atoms with Crippen LogP contribution in [0.5, 0.6) is 5.75 Å². The van der Waals surface area contributed by atoms with E-state index in [9.17, 15) is 0 Å². The highest BCUT2D eigenvalue weighted by atomic mass is 35.5. The molecule has 0 radical (unpaired) electrons. The standard InChI is InChI=1S/C25H31N3OS.ClH/c1-3-27-13-15-28(16-14-27)25-23-8-5-4-7-21(23)19-24(26-25)20-9-11-22(12-10-20)29-17-6-18-30-2;/h4-5,7-12,19H,3,6,13-18H2,1-2H3;1H. The van der Waals surface area contributed by atoms with Gasteiger partial charge in [0.1, 0.15) is 11.6 Å². The first-order chi connectivity index (χ1) is 14.8. The molecule has 0 saturated carbocycles. The van der Waals surface area contributed by atoms with Gasteiger partial charge in [-0.2, -0.15) is 11.8 Å². The van der Waals surface area contributed by atoms with Gasteiger partial charge in [-0.1, -0.05) is 31.2 Å². The Morgan fingerprint density at radius 1 is 1.00 bits per heavy atom. The molecule has 0 amide bonds. The van der Waals surface area contributed by atoms with E-state index < -0.39 is 0 Å². The molecular formula is C25H32ClN3OS. The fourth-order valence-corrected chi connectivity index (χ4v) is 4.37. The zero-order valence-corrected chi connectivity index (χ0v) is 20.1. The number of fused-ring (bicyclic) bond motifs is 1. The minimum absolute atomic E-state index is 0. The van der Waals surface area contributed by atoms with Crippen LogP contribution in [0.3, 0.4) is 0 Å². The maximum absolute atomic E-state index is 5.86. The smallest absolute Gasteiger partial charge is 0.137 e. The van der Waals surface area contributed by atoms with E-state index in [-0.39, 0.29) is 12.4 Å². The van der Waals surface area contributed by atoms with Crippen molar-refractivity contribution in [1.82, 2.24) is 9.88 Å². The normalized spacial score (nSPS) is 14.5. The molecule has 0 N–H and O–H groups in total. The van der Waals surface area contributed by atoms with Gasteiger partial charge in [0.05, 0.1) is 12.3 Å². The molecule has 1 aliphatic heterocycles. The molecule has 0 aliphatic carbocycles. The van der Waals surface area contributed by atoms with Crippen LogP contribution in [0.2, 0.25) is 0 Å². The van der Waals surface area contributed by atoms with Crippen LogP contribution in [0.15, 0.2) is 54.6 Å². The van der Waals surface area contributed by atoms with Crippen LogP contribution in [0.25, 0.3) is 22.0 Å². The number of likely N-dealkylation sites (N-methyl/N-ethyl adjacent to an activating group) is 1. The molecular weight excluding hydrogens is 426 g/mol. The zero-order valence-electron chi connectivity index (χ0n) is 18.4. The first-order valence-electron chi connectivity index (χ1n) is 10.9. The highest BCUT2D eigenvalue weighted by molar-refractivity contribution is 7.98. The Hall–Kier alpha value is -1.95. The van der Waals surface area contributed by atoms with Gasteiger partial charge in [0, 0.05) is 37.1 Å². The van der Waals surface area contributed by atoms with Gasteiger partial charge < -0.3 is 14.5 Å². The first kappa shape index (κ1) is 23.7. The lowest BCUT2D eigenvalue weighted by Gasteiger charge is -2.35. The molecule has 4 rings (SSSR count). The Labute approximate surface area is 196 Å². The largest absolute Gasteiger partial charge is 0.494 e. The van der Waals surface area contributed by atoms with Crippen LogP contribution >= 0.6 is 24.2 Å². The highest BCUT2D eigenvalue weighted by Crippen LogP contribution is 2.31. The maximum Gasteiger partial charge on any atom is 0.137 e. The number of anilines is 1. The molecule has 3 aromatic rings. The van der Waals surface area contributed by atoms with Crippen molar-refractivity contribution in [2.45, 2.75) is 13.3 Å². The summed E-state index contributed by atoms with van der Waals surface area (Å²) in [5, 5.41) is 2.48. The van der Waals surface area contributed by atoms with Crippen molar-refractivity contribution in [3.63, 3.8) is 0 Å². The molecule has 31 heavy (non-hydrogen) atoms. The number of hydrogen-bond acceptors (Lipinski definition) is 5. The van der Waals surface area contributed by atoms with E-state index in [2.05, 4.69) is 77.6 Å². The van der Waals surface area contributed by atoms with Gasteiger partial charge in [-0.25, -0.2) is 4.98 Å². The monoisotopic (exact) mass is 457 g/mol. The summed E-state index contributed by atoms with van der Waals surface area (Å²) in [5.41, 5.74) is 2.15. The van der Waals surface area contributed by atoms with Gasteiger partial charge in [-0.05, 0) is 60.7 Å². The molecule has 166 valence electrons. The molecule has 0 bridgehead atoms. The molecule has 6 heteroatoms. The van der Waals surface area contributed by atoms with Gasteiger partial charge >= 0.3 is 0 Å². The third-order valence-corrected chi connectivity index (χ3v) is 6.45. The lowest BCUT2D eigenvalue weighted by molar-refractivity contribution is 0.271. The topological polar surface area (TPSA) is 28.6 Å². The molecule has 1 saturated heterocycles. The van der Waals surface area contributed by atoms with Crippen LogP contribution in [-0.2, 0) is 0 Å². The number of pyridine rings is 1. The summed E-state index contributed by atoms with van der Waals surface area (Å²) in [6.45, 7) is 8.36. The average molecular weight is 458 g/mol. The fourth-order valence-electron chi connectivity index (χ4n) is 3.96. The third kappa shape index (κ3) is 5.85. The summed E-state index contributed by atoms with van der Waals surface area (Å²) < 4.78 is 5.86. The molecule has 1 aromatic heterocycles. The van der Waals surface area contributed by atoms with Gasteiger partial charge in [-0.3, -0.25) is 0 Å². The Kier molecular flexibility index (Phi) is 8.88. The van der Waals surface area contributed by atoms with E-state index in [0.717, 1.165) is 74.3 Å². The molecule has 4 nitrogen and oxygen atoms in total. The van der Waals surface area contributed by atoms with Crippen LogP contribution in [0.4, 0.5) is 5.82 Å². The molecule has 0 atom stereocenters. The molecule has 0 spiro atoms. The second-order valence-electron chi connectivity index (χ2n) is 7.69. The number of thioether (sulfide) groups is 1. The first-order valence-corrected chi connectivity index (χ1v) is 12.3. The van der Waals surface area contributed by atoms with E-state index in [4.69, 9.17) is 9.72 Å². The quantitative estimate of drug-likeness (QED) is 0.411. The summed E-state index contributed by atoms with van der Waals surface area (Å²) in [7, 11) is 0. The van der Waals surface area contributed by atoms with E-state index in [1.165, 1.54) is 10.8 Å². The lowest BCUT2D eigenvalue weighted by atomic mass is 10.1. The van der Waals surface area contributed by atoms with E-state index in [1.54, 1.807) is 0 Å². The highest BCUT2D eigenvalue weighted by Gasteiger charge is 2.19. The van der Waals surface area contributed by atoms with E-state index >= 15 is 0 Å². The number of halogens is 1. The van der Waals surface area contributed by atoms with Crippen molar-refractivity contribution in [3.8, 4) is 17.0 Å². The van der Waals surface area contributed by atoms with Crippen molar-refractivity contribution < 1.29 is 4.74 Å². The SMILES string of the molecule is CCN1CCN(c2nc(-c3ccc(OCCCSC)cc3)cc3ccccc23)CC1.Cl. The van der Waals surface area contributed by atoms with Crippen molar-refractivity contribution in [2.75, 3.05) is 56.2 Å². The molecule has 1 fully saturated rings. The van der Waals surface area contributed by atoms with Crippen molar-refractivity contribution in [3.05, 3.63) is 54.6 Å². The Bertz CT molecular complexity index is 959. The Balaban J connectivity index is 0.00000272. The van der Waals surface area contributed by atoms with Gasteiger partial charge in [0.25, 0.3) is 0 Å². The number of ether oxygens (including phenoxy) is 1. The molecule has 0 unspecified atom stereocenters. The molecule has 2 aromatic carbocycles. The second-order valence-corrected chi connectivity index (χ2v) is 8.68. The minimum Gasteiger partial charge on any atom is -0.494 e. The average Bonchev–Trinajstić information content (AvgIpc) is 2.81. The zero-order chi connectivity index (χ0) is 20.8. The number of benzene rings is 2. The Morgan fingerprint density at radius 2 is 1.74 bits per heavy atom. The van der Waals surface area contributed by atoms with Gasteiger partial charge in [0.15, 0.2) is 0 Å². The van der Waals surface area contributed by atoms with E-state index in [1.807, 2.05) is 11.8 Å². The molecule has 1 aliphatic rings. The third-order valence-electron chi connectivity index (χ3n) is 5.75. The van der Waals surface area contributed by atoms with Gasteiger partial charge in [-0.15, -0.1) is 12.4 Å².